The molecule has 2 aromatic rings. The molecular weight excluding hydrogens is 321 g/mol. The molecule has 0 bridgehead atoms. The summed E-state index contributed by atoms with van der Waals surface area (Å²) in [5.74, 6) is -0.537. The maximum atomic E-state index is 12.8. The molecule has 2 aromatic carbocycles. The van der Waals surface area contributed by atoms with E-state index in [1.807, 2.05) is 24.3 Å². The second kappa shape index (κ2) is 7.63. The lowest BCUT2D eigenvalue weighted by Gasteiger charge is -2.24. The number of halogens is 2. The molecule has 0 saturated heterocycles. The van der Waals surface area contributed by atoms with Crippen molar-refractivity contribution in [3.63, 3.8) is 0 Å². The molecule has 5 heteroatoms. The van der Waals surface area contributed by atoms with E-state index in [9.17, 15) is 4.79 Å². The standard InChI is InChI=1S/C17H17Cl2NO2/c1-20(10-11-21)17(22)16(12-2-6-14(18)7-3-12)13-4-8-15(19)9-5-13/h2-9,16,21H,10-11H2,1H3. The van der Waals surface area contributed by atoms with Gasteiger partial charge in [0.2, 0.25) is 5.91 Å². The summed E-state index contributed by atoms with van der Waals surface area (Å²) in [5, 5.41) is 10.3. The van der Waals surface area contributed by atoms with Crippen LogP contribution in [0.2, 0.25) is 10.0 Å². The van der Waals surface area contributed by atoms with Crippen molar-refractivity contribution in [1.82, 2.24) is 4.90 Å². The predicted molar refractivity (Wildman–Crippen MR) is 89.5 cm³/mol. The molecule has 0 aliphatic carbocycles. The predicted octanol–water partition coefficient (Wildman–Crippen LogP) is 3.58. The second-order valence-electron chi connectivity index (χ2n) is 5.02. The molecular formula is C17H17Cl2NO2. The first-order valence-electron chi connectivity index (χ1n) is 6.89. The van der Waals surface area contributed by atoms with Gasteiger partial charge in [-0.15, -0.1) is 0 Å². The van der Waals surface area contributed by atoms with Crippen LogP contribution in [0.25, 0.3) is 0 Å². The number of carbonyl (C=O) groups excluding carboxylic acids is 1. The van der Waals surface area contributed by atoms with Gasteiger partial charge < -0.3 is 10.0 Å². The molecule has 0 fully saturated rings. The lowest BCUT2D eigenvalue weighted by Crippen LogP contribution is -2.34. The van der Waals surface area contributed by atoms with Gasteiger partial charge in [0.05, 0.1) is 12.5 Å². The number of aliphatic hydroxyl groups is 1. The van der Waals surface area contributed by atoms with Crippen molar-refractivity contribution in [2.45, 2.75) is 5.92 Å². The van der Waals surface area contributed by atoms with Gasteiger partial charge in [-0.05, 0) is 35.4 Å². The molecule has 0 spiro atoms. The molecule has 1 amide bonds. The number of amides is 1. The van der Waals surface area contributed by atoms with Gasteiger partial charge in [0.1, 0.15) is 0 Å². The van der Waals surface area contributed by atoms with Crippen molar-refractivity contribution in [2.24, 2.45) is 0 Å². The Morgan fingerprint density at radius 2 is 1.41 bits per heavy atom. The van der Waals surface area contributed by atoms with Crippen molar-refractivity contribution >= 4 is 29.1 Å². The lowest BCUT2D eigenvalue weighted by molar-refractivity contribution is -0.131. The fourth-order valence-electron chi connectivity index (χ4n) is 2.27. The molecule has 1 N–H and O–H groups in total. The van der Waals surface area contributed by atoms with Gasteiger partial charge in [0.25, 0.3) is 0 Å². The highest BCUT2D eigenvalue weighted by molar-refractivity contribution is 6.30. The number of benzene rings is 2. The van der Waals surface area contributed by atoms with Crippen molar-refractivity contribution < 1.29 is 9.90 Å². The summed E-state index contributed by atoms with van der Waals surface area (Å²) in [6.45, 7) is 0.215. The maximum Gasteiger partial charge on any atom is 0.234 e. The van der Waals surface area contributed by atoms with Crippen molar-refractivity contribution in [3.05, 3.63) is 69.7 Å². The Morgan fingerprint density at radius 3 is 1.77 bits per heavy atom. The minimum atomic E-state index is -0.453. The molecule has 116 valence electrons. The summed E-state index contributed by atoms with van der Waals surface area (Å²) in [6.07, 6.45) is 0. The van der Waals surface area contributed by atoms with Crippen LogP contribution in [-0.2, 0) is 4.79 Å². The summed E-state index contributed by atoms with van der Waals surface area (Å²) in [7, 11) is 1.68. The molecule has 2 rings (SSSR count). The van der Waals surface area contributed by atoms with Crippen LogP contribution in [0.15, 0.2) is 48.5 Å². The molecule has 0 aliphatic heterocycles. The third-order valence-electron chi connectivity index (χ3n) is 3.47. The Kier molecular flexibility index (Phi) is 5.83. The van der Waals surface area contributed by atoms with E-state index >= 15 is 0 Å². The number of nitrogens with zero attached hydrogens (tertiary/aromatic N) is 1. The average Bonchev–Trinajstić information content (AvgIpc) is 2.51. The van der Waals surface area contributed by atoms with Gasteiger partial charge in [0, 0.05) is 23.6 Å². The normalized spacial score (nSPS) is 10.8. The van der Waals surface area contributed by atoms with Crippen molar-refractivity contribution in [1.29, 1.82) is 0 Å². The highest BCUT2D eigenvalue weighted by Gasteiger charge is 2.25. The first-order chi connectivity index (χ1) is 10.5. The first kappa shape index (κ1) is 16.8. The van der Waals surface area contributed by atoms with Crippen LogP contribution in [0.5, 0.6) is 0 Å². The van der Waals surface area contributed by atoms with Crippen LogP contribution >= 0.6 is 23.2 Å². The number of carbonyl (C=O) groups is 1. The van der Waals surface area contributed by atoms with E-state index in [0.29, 0.717) is 10.0 Å². The van der Waals surface area contributed by atoms with Crippen LogP contribution in [0.1, 0.15) is 17.0 Å². The van der Waals surface area contributed by atoms with Gasteiger partial charge in [-0.3, -0.25) is 4.79 Å². The van der Waals surface area contributed by atoms with E-state index in [1.165, 1.54) is 4.90 Å². The lowest BCUT2D eigenvalue weighted by atomic mass is 9.90. The van der Waals surface area contributed by atoms with Gasteiger partial charge in [-0.2, -0.15) is 0 Å². The highest BCUT2D eigenvalue weighted by atomic mass is 35.5. The fourth-order valence-corrected chi connectivity index (χ4v) is 2.52. The van der Waals surface area contributed by atoms with Crippen LogP contribution < -0.4 is 0 Å². The number of likely N-dealkylation sites (N-methyl/N-ethyl adjacent to an activating group) is 1. The Bertz CT molecular complexity index is 581. The Balaban J connectivity index is 2.42. The SMILES string of the molecule is CN(CCO)C(=O)C(c1ccc(Cl)cc1)c1ccc(Cl)cc1. The van der Waals surface area contributed by atoms with Gasteiger partial charge in [-0.1, -0.05) is 47.5 Å². The quantitative estimate of drug-likeness (QED) is 0.905. The van der Waals surface area contributed by atoms with E-state index in [0.717, 1.165) is 11.1 Å². The van der Waals surface area contributed by atoms with E-state index in [4.69, 9.17) is 28.3 Å². The summed E-state index contributed by atoms with van der Waals surface area (Å²) in [5.41, 5.74) is 1.70. The molecule has 3 nitrogen and oxygen atoms in total. The first-order valence-corrected chi connectivity index (χ1v) is 7.65. The minimum Gasteiger partial charge on any atom is -0.395 e. The Hall–Kier alpha value is -1.55. The number of aliphatic hydroxyl groups excluding tert-OH is 1. The third kappa shape index (κ3) is 4.01. The summed E-state index contributed by atoms with van der Waals surface area (Å²) >= 11 is 11.9. The summed E-state index contributed by atoms with van der Waals surface area (Å²) in [6, 6.07) is 14.4. The van der Waals surface area contributed by atoms with E-state index in [-0.39, 0.29) is 19.1 Å². The number of rotatable bonds is 5. The number of hydrogen-bond donors (Lipinski definition) is 1. The summed E-state index contributed by atoms with van der Waals surface area (Å²) in [4.78, 5) is 14.3. The zero-order valence-corrected chi connectivity index (χ0v) is 13.7. The van der Waals surface area contributed by atoms with Crippen molar-refractivity contribution in [3.8, 4) is 0 Å². The topological polar surface area (TPSA) is 40.5 Å². The van der Waals surface area contributed by atoms with E-state index < -0.39 is 5.92 Å². The van der Waals surface area contributed by atoms with Crippen LogP contribution in [0.3, 0.4) is 0 Å². The van der Waals surface area contributed by atoms with Gasteiger partial charge in [0.15, 0.2) is 0 Å². The zero-order valence-electron chi connectivity index (χ0n) is 12.2. The maximum absolute atomic E-state index is 12.8. The number of hydrogen-bond acceptors (Lipinski definition) is 2. The second-order valence-corrected chi connectivity index (χ2v) is 5.89. The van der Waals surface area contributed by atoms with Crippen molar-refractivity contribution in [2.75, 3.05) is 20.2 Å². The molecule has 0 atom stereocenters. The smallest absolute Gasteiger partial charge is 0.234 e. The Morgan fingerprint density at radius 1 is 1.00 bits per heavy atom. The van der Waals surface area contributed by atoms with Gasteiger partial charge >= 0.3 is 0 Å². The summed E-state index contributed by atoms with van der Waals surface area (Å²) < 4.78 is 0. The molecule has 22 heavy (non-hydrogen) atoms. The molecule has 0 heterocycles. The highest BCUT2D eigenvalue weighted by Crippen LogP contribution is 2.28. The fraction of sp³-hybridized carbons (Fsp3) is 0.235. The monoisotopic (exact) mass is 337 g/mol. The molecule has 0 aliphatic rings. The average molecular weight is 338 g/mol. The third-order valence-corrected chi connectivity index (χ3v) is 3.97. The zero-order chi connectivity index (χ0) is 16.1. The van der Waals surface area contributed by atoms with Crippen LogP contribution in [0.4, 0.5) is 0 Å². The molecule has 0 saturated carbocycles. The van der Waals surface area contributed by atoms with Crippen LogP contribution in [0, 0.1) is 0 Å². The van der Waals surface area contributed by atoms with Crippen LogP contribution in [-0.4, -0.2) is 36.1 Å². The Labute approximate surface area is 140 Å². The van der Waals surface area contributed by atoms with E-state index in [1.54, 1.807) is 31.3 Å². The minimum absolute atomic E-state index is 0.0732. The van der Waals surface area contributed by atoms with E-state index in [2.05, 4.69) is 0 Å². The molecule has 0 aromatic heterocycles. The largest absolute Gasteiger partial charge is 0.395 e. The molecule has 0 unspecified atom stereocenters. The van der Waals surface area contributed by atoms with Gasteiger partial charge in [-0.25, -0.2) is 0 Å². The molecule has 0 radical (unpaired) electrons.